The number of rotatable bonds is 5. The molecule has 0 unspecified atom stereocenters. The van der Waals surface area contributed by atoms with Crippen LogP contribution in [0.4, 0.5) is 0 Å². The van der Waals surface area contributed by atoms with Crippen LogP contribution in [-0.4, -0.2) is 62.0 Å². The molecule has 1 aliphatic heterocycles. The molecule has 0 bridgehead atoms. The number of aromatic nitrogens is 1. The Morgan fingerprint density at radius 3 is 2.48 bits per heavy atom. The number of ether oxygens (including phenoxy) is 1. The Hall–Kier alpha value is -2.91. The zero-order valence-electron chi connectivity index (χ0n) is 19.4. The van der Waals surface area contributed by atoms with Gasteiger partial charge in [-0.15, -0.1) is 0 Å². The zero-order chi connectivity index (χ0) is 23.8. The van der Waals surface area contributed by atoms with Crippen molar-refractivity contribution in [2.75, 3.05) is 33.3 Å². The lowest BCUT2D eigenvalue weighted by Crippen LogP contribution is -2.39. The Bertz CT molecular complexity index is 1260. The highest BCUT2D eigenvalue weighted by molar-refractivity contribution is 7.89. The maximum absolute atomic E-state index is 13.3. The first-order valence-corrected chi connectivity index (χ1v) is 12.5. The SMILES string of the molecule is COc1ccc2cc([C@H](C)C(=O)N3CCCN(S(=O)(=O)c4c(C)noc4C)CC3)ccc2c1. The van der Waals surface area contributed by atoms with Crippen molar-refractivity contribution in [3.8, 4) is 5.75 Å². The van der Waals surface area contributed by atoms with Crippen LogP contribution in [0.3, 0.4) is 0 Å². The van der Waals surface area contributed by atoms with Crippen molar-refractivity contribution in [2.45, 2.75) is 38.0 Å². The van der Waals surface area contributed by atoms with E-state index in [-0.39, 0.29) is 29.0 Å². The average Bonchev–Trinajstić information content (AvgIpc) is 3.01. The highest BCUT2D eigenvalue weighted by Gasteiger charge is 2.33. The van der Waals surface area contributed by atoms with Gasteiger partial charge in [-0.2, -0.15) is 4.31 Å². The summed E-state index contributed by atoms with van der Waals surface area (Å²) in [5.41, 5.74) is 1.29. The molecule has 176 valence electrons. The molecule has 2 heterocycles. The van der Waals surface area contributed by atoms with E-state index in [0.717, 1.165) is 22.1 Å². The van der Waals surface area contributed by atoms with Gasteiger partial charge in [0.1, 0.15) is 16.3 Å². The second kappa shape index (κ2) is 9.15. The maximum Gasteiger partial charge on any atom is 0.248 e. The number of aryl methyl sites for hydroxylation is 2. The van der Waals surface area contributed by atoms with Crippen molar-refractivity contribution in [3.63, 3.8) is 0 Å². The minimum Gasteiger partial charge on any atom is -0.497 e. The van der Waals surface area contributed by atoms with Gasteiger partial charge in [0, 0.05) is 26.2 Å². The number of hydrogen-bond donors (Lipinski definition) is 0. The molecule has 0 saturated carbocycles. The summed E-state index contributed by atoms with van der Waals surface area (Å²) in [5.74, 6) is 0.744. The van der Waals surface area contributed by atoms with Crippen molar-refractivity contribution in [2.24, 2.45) is 0 Å². The first kappa shape index (κ1) is 23.3. The van der Waals surface area contributed by atoms with Gasteiger partial charge in [0.05, 0.1) is 13.0 Å². The van der Waals surface area contributed by atoms with Gasteiger partial charge >= 0.3 is 0 Å². The summed E-state index contributed by atoms with van der Waals surface area (Å²) in [6.07, 6.45) is 0.568. The Kier molecular flexibility index (Phi) is 6.45. The Balaban J connectivity index is 1.49. The van der Waals surface area contributed by atoms with Crippen LogP contribution in [0, 0.1) is 13.8 Å². The van der Waals surface area contributed by atoms with E-state index in [1.807, 2.05) is 43.3 Å². The molecular weight excluding hydrogens is 442 g/mol. The summed E-state index contributed by atoms with van der Waals surface area (Å²) >= 11 is 0. The third-order valence-electron chi connectivity index (χ3n) is 6.27. The fraction of sp³-hybridized carbons (Fsp3) is 0.417. The lowest BCUT2D eigenvalue weighted by Gasteiger charge is -2.25. The number of amides is 1. The van der Waals surface area contributed by atoms with Crippen LogP contribution in [0.2, 0.25) is 0 Å². The summed E-state index contributed by atoms with van der Waals surface area (Å²) in [6, 6.07) is 11.9. The number of fused-ring (bicyclic) bond motifs is 1. The van der Waals surface area contributed by atoms with E-state index >= 15 is 0 Å². The van der Waals surface area contributed by atoms with Crippen molar-refractivity contribution < 1.29 is 22.5 Å². The van der Waals surface area contributed by atoms with Gasteiger partial charge in [-0.25, -0.2) is 8.42 Å². The van der Waals surface area contributed by atoms with E-state index in [4.69, 9.17) is 9.26 Å². The minimum atomic E-state index is -3.73. The van der Waals surface area contributed by atoms with E-state index in [1.54, 1.807) is 25.9 Å². The first-order chi connectivity index (χ1) is 15.7. The number of carbonyl (C=O) groups is 1. The molecule has 1 aromatic heterocycles. The predicted octanol–water partition coefficient (Wildman–Crippen LogP) is 3.48. The largest absolute Gasteiger partial charge is 0.497 e. The molecule has 9 heteroatoms. The van der Waals surface area contributed by atoms with Gasteiger partial charge < -0.3 is 14.2 Å². The smallest absolute Gasteiger partial charge is 0.248 e. The fourth-order valence-electron chi connectivity index (χ4n) is 4.38. The van der Waals surface area contributed by atoms with Crippen LogP contribution in [-0.2, 0) is 14.8 Å². The van der Waals surface area contributed by atoms with E-state index in [2.05, 4.69) is 5.16 Å². The zero-order valence-corrected chi connectivity index (χ0v) is 20.2. The predicted molar refractivity (Wildman–Crippen MR) is 125 cm³/mol. The number of methoxy groups -OCH3 is 1. The third-order valence-corrected chi connectivity index (χ3v) is 8.42. The highest BCUT2D eigenvalue weighted by Crippen LogP contribution is 2.28. The van der Waals surface area contributed by atoms with Gasteiger partial charge in [-0.3, -0.25) is 4.79 Å². The van der Waals surface area contributed by atoms with Crippen LogP contribution in [0.25, 0.3) is 10.8 Å². The minimum absolute atomic E-state index is 0.000511. The number of nitrogens with zero attached hydrogens (tertiary/aromatic N) is 3. The highest BCUT2D eigenvalue weighted by atomic mass is 32.2. The summed E-state index contributed by atoms with van der Waals surface area (Å²) < 4.78 is 38.1. The monoisotopic (exact) mass is 471 g/mol. The molecule has 1 fully saturated rings. The van der Waals surface area contributed by atoms with E-state index in [0.29, 0.717) is 31.7 Å². The van der Waals surface area contributed by atoms with Crippen LogP contribution < -0.4 is 4.74 Å². The topological polar surface area (TPSA) is 93.0 Å². The molecule has 0 radical (unpaired) electrons. The molecule has 0 N–H and O–H groups in total. The summed E-state index contributed by atoms with van der Waals surface area (Å²) in [4.78, 5) is 15.2. The van der Waals surface area contributed by atoms with Crippen molar-refractivity contribution >= 4 is 26.7 Å². The molecule has 1 atom stereocenters. The number of carbonyl (C=O) groups excluding carboxylic acids is 1. The molecule has 8 nitrogen and oxygen atoms in total. The summed E-state index contributed by atoms with van der Waals surface area (Å²) in [7, 11) is -2.09. The van der Waals surface area contributed by atoms with E-state index in [9.17, 15) is 13.2 Å². The van der Waals surface area contributed by atoms with Crippen LogP contribution in [0.5, 0.6) is 5.75 Å². The molecule has 0 spiro atoms. The number of sulfonamides is 1. The van der Waals surface area contributed by atoms with Crippen molar-refractivity contribution in [3.05, 3.63) is 53.4 Å². The van der Waals surface area contributed by atoms with Gasteiger partial charge in [-0.05, 0) is 55.7 Å². The molecule has 0 aliphatic carbocycles. The molecular formula is C24H29N3O5S. The van der Waals surface area contributed by atoms with Gasteiger partial charge in [0.15, 0.2) is 5.76 Å². The van der Waals surface area contributed by atoms with Gasteiger partial charge in [0.25, 0.3) is 0 Å². The average molecular weight is 472 g/mol. The molecule has 4 rings (SSSR count). The molecule has 1 saturated heterocycles. The lowest BCUT2D eigenvalue weighted by molar-refractivity contribution is -0.132. The standard InChI is InChI=1S/C24H29N3O5S/c1-16(19-6-7-21-15-22(31-4)9-8-20(21)14-19)24(28)26-10-5-11-27(13-12-26)33(29,30)23-17(2)25-32-18(23)3/h6-9,14-16H,5,10-13H2,1-4H3/t16-/m0/s1. The lowest BCUT2D eigenvalue weighted by atomic mass is 9.96. The second-order valence-electron chi connectivity index (χ2n) is 8.43. The molecule has 1 aliphatic rings. The quantitative estimate of drug-likeness (QED) is 0.566. The van der Waals surface area contributed by atoms with Crippen LogP contribution in [0.1, 0.15) is 36.3 Å². The van der Waals surface area contributed by atoms with Crippen LogP contribution >= 0.6 is 0 Å². The fourth-order valence-corrected chi connectivity index (χ4v) is 6.14. The first-order valence-electron chi connectivity index (χ1n) is 11.0. The summed E-state index contributed by atoms with van der Waals surface area (Å²) in [6.45, 7) is 6.57. The van der Waals surface area contributed by atoms with Crippen molar-refractivity contribution in [1.82, 2.24) is 14.4 Å². The molecule has 1 amide bonds. The molecule has 2 aromatic carbocycles. The van der Waals surface area contributed by atoms with Gasteiger partial charge in [0.2, 0.25) is 15.9 Å². The normalized spacial score (nSPS) is 16.5. The molecule has 33 heavy (non-hydrogen) atoms. The number of hydrogen-bond acceptors (Lipinski definition) is 6. The molecule has 3 aromatic rings. The second-order valence-corrected chi connectivity index (χ2v) is 10.3. The van der Waals surface area contributed by atoms with Crippen LogP contribution in [0.15, 0.2) is 45.8 Å². The Labute approximate surface area is 194 Å². The number of benzene rings is 2. The van der Waals surface area contributed by atoms with E-state index < -0.39 is 10.0 Å². The Morgan fingerprint density at radius 1 is 1.06 bits per heavy atom. The van der Waals surface area contributed by atoms with Gasteiger partial charge in [-0.1, -0.05) is 29.4 Å². The van der Waals surface area contributed by atoms with E-state index in [1.165, 1.54) is 4.31 Å². The summed E-state index contributed by atoms with van der Waals surface area (Å²) in [5, 5.41) is 5.87. The Morgan fingerprint density at radius 2 is 1.79 bits per heavy atom. The third kappa shape index (κ3) is 4.47. The maximum atomic E-state index is 13.3. The van der Waals surface area contributed by atoms with Crippen molar-refractivity contribution in [1.29, 1.82) is 0 Å².